The maximum absolute atomic E-state index is 13.4. The number of carboxylic acid groups (broad SMARTS) is 1. The summed E-state index contributed by atoms with van der Waals surface area (Å²) < 4.78 is 17.4. The van der Waals surface area contributed by atoms with Gasteiger partial charge in [0.1, 0.15) is 25.0 Å². The van der Waals surface area contributed by atoms with Crippen LogP contribution in [0.2, 0.25) is 0 Å². The van der Waals surface area contributed by atoms with E-state index in [1.807, 2.05) is 6.92 Å². The number of H-pyrrole nitrogens is 1. The van der Waals surface area contributed by atoms with Crippen molar-refractivity contribution in [2.24, 2.45) is 0 Å². The first kappa shape index (κ1) is 59.7. The van der Waals surface area contributed by atoms with E-state index in [1.165, 1.54) is 17.0 Å². The number of pyridine rings is 2. The molecule has 2 aliphatic rings. The molecule has 11 N–H and O–H groups in total. The molecule has 0 unspecified atom stereocenters. The van der Waals surface area contributed by atoms with Gasteiger partial charge in [-0.1, -0.05) is 40.6 Å². The van der Waals surface area contributed by atoms with Crippen molar-refractivity contribution in [3.05, 3.63) is 139 Å². The van der Waals surface area contributed by atoms with E-state index >= 15 is 0 Å². The molecule has 5 amide bonds. The second-order valence-corrected chi connectivity index (χ2v) is 21.4. The minimum Gasteiger partial charge on any atom is -0.480 e. The summed E-state index contributed by atoms with van der Waals surface area (Å²) in [5.41, 5.74) is 10.7. The molecule has 4 aromatic heterocycles. The number of fused-ring (bicyclic) bond motifs is 6. The second-order valence-electron chi connectivity index (χ2n) is 19.0. The predicted octanol–water partition coefficient (Wildman–Crippen LogP) is 1.88. The fraction of sp³-hybridized carbons (Fsp3) is 0.273. The van der Waals surface area contributed by atoms with Crippen LogP contribution in [0, 0.1) is 0 Å². The topological polar surface area (TPSA) is 409 Å². The van der Waals surface area contributed by atoms with E-state index < -0.39 is 79.1 Å². The fourth-order valence-corrected chi connectivity index (χ4v) is 11.1. The van der Waals surface area contributed by atoms with Gasteiger partial charge < -0.3 is 66.6 Å². The van der Waals surface area contributed by atoms with Gasteiger partial charge in [-0.05, 0) is 84.6 Å². The van der Waals surface area contributed by atoms with E-state index in [-0.39, 0.29) is 96.9 Å². The lowest BCUT2D eigenvalue weighted by molar-refractivity contribution is -0.157. The summed E-state index contributed by atoms with van der Waals surface area (Å²) in [6.07, 6.45) is -0.260. The number of carboxylic acids is 1. The molecule has 9 rings (SSSR count). The van der Waals surface area contributed by atoms with Crippen molar-refractivity contribution in [2.75, 3.05) is 43.0 Å². The molecule has 28 nitrogen and oxygen atoms in total. The minimum atomic E-state index is -1.57. The van der Waals surface area contributed by atoms with Crippen LogP contribution in [-0.4, -0.2) is 125 Å². The Morgan fingerprint density at radius 1 is 0.871 bits per heavy atom. The van der Waals surface area contributed by atoms with E-state index in [0.717, 1.165) is 26.8 Å². The number of aliphatic hydroxyl groups is 1. The lowest BCUT2D eigenvalue weighted by Crippen LogP contribution is -2.48. The van der Waals surface area contributed by atoms with Gasteiger partial charge in [0, 0.05) is 51.4 Å². The van der Waals surface area contributed by atoms with Gasteiger partial charge in [0.05, 0.1) is 67.1 Å². The van der Waals surface area contributed by atoms with Crippen LogP contribution < -0.4 is 53.5 Å². The molecule has 0 saturated heterocycles. The third-order valence-corrected chi connectivity index (χ3v) is 15.6. The zero-order valence-electron chi connectivity index (χ0n) is 45.0. The number of aromatic nitrogens is 6. The Morgan fingerprint density at radius 2 is 1.60 bits per heavy atom. The number of aryl methyl sites for hydroxylation is 1. The summed E-state index contributed by atoms with van der Waals surface area (Å²) in [5, 5.41) is 36.1. The number of aliphatic hydroxyl groups excluding tert-OH is 1. The molecule has 0 radical (unpaired) electrons. The van der Waals surface area contributed by atoms with E-state index in [1.54, 1.807) is 77.4 Å². The number of cyclic esters (lactones) is 1. The number of amides is 5. The normalized spacial score (nSPS) is 13.3. The lowest BCUT2D eigenvalue weighted by atomic mass is 9.97. The molecule has 85 heavy (non-hydrogen) atoms. The number of nitrogens with two attached hydrogens (primary N) is 1. The van der Waals surface area contributed by atoms with Crippen LogP contribution >= 0.6 is 21.6 Å². The van der Waals surface area contributed by atoms with Gasteiger partial charge in [-0.25, -0.2) is 29.3 Å². The van der Waals surface area contributed by atoms with Crippen LogP contribution in [0.4, 0.5) is 16.4 Å². The third-order valence-electron chi connectivity index (χ3n) is 13.2. The molecule has 7 aromatic rings. The number of carbonyl (C=O) groups excluding carboxylic acids is 7. The van der Waals surface area contributed by atoms with Crippen molar-refractivity contribution in [3.8, 4) is 17.1 Å². The molecule has 3 aromatic carbocycles. The number of rotatable bonds is 24. The van der Waals surface area contributed by atoms with E-state index in [0.29, 0.717) is 51.2 Å². The highest BCUT2D eigenvalue weighted by Crippen LogP contribution is 2.39. The van der Waals surface area contributed by atoms with Crippen molar-refractivity contribution < 1.29 is 62.8 Å². The fourth-order valence-electron chi connectivity index (χ4n) is 8.95. The van der Waals surface area contributed by atoms with Gasteiger partial charge >= 0.3 is 18.1 Å². The number of aromatic amines is 1. The summed E-state index contributed by atoms with van der Waals surface area (Å²) in [7, 11) is 2.39. The molecule has 2 aliphatic heterocycles. The van der Waals surface area contributed by atoms with Crippen LogP contribution in [0.1, 0.15) is 69.7 Å². The van der Waals surface area contributed by atoms with Crippen molar-refractivity contribution in [3.63, 3.8) is 0 Å². The number of nitrogen functional groups attached to an aromatic ring is 1. The Balaban J connectivity index is 0.618. The van der Waals surface area contributed by atoms with Gasteiger partial charge in [0.25, 0.3) is 17.0 Å². The predicted molar refractivity (Wildman–Crippen MR) is 307 cm³/mol. The number of nitrogens with zero attached hydrogens (tertiary/aromatic N) is 5. The number of nitrogens with one attached hydrogen (secondary N) is 7. The lowest BCUT2D eigenvalue weighted by Gasteiger charge is -2.21. The van der Waals surface area contributed by atoms with Crippen LogP contribution in [0.25, 0.3) is 33.5 Å². The van der Waals surface area contributed by atoms with Crippen molar-refractivity contribution >= 4 is 103 Å². The maximum atomic E-state index is 13.4. The second kappa shape index (κ2) is 27.0. The Kier molecular flexibility index (Phi) is 18.9. The number of benzene rings is 3. The molecule has 440 valence electrons. The number of esters is 1. The third kappa shape index (κ3) is 14.8. The molecule has 2 atom stereocenters. The summed E-state index contributed by atoms with van der Waals surface area (Å²) in [4.78, 5) is 145. The molecule has 0 bridgehead atoms. The van der Waals surface area contributed by atoms with Crippen molar-refractivity contribution in [1.29, 1.82) is 0 Å². The first-order valence-corrected chi connectivity index (χ1v) is 28.5. The SMILES string of the molecule is CCc1c2c(nc3ccc(OC(=O)OCc4ccc(SSC[C@H](NC(=O)CNC(=O)CNC(=O)CNC(=O)CCCNC(=O)c5ccc(NCc6cnc7nc(N)[nH]c(=O)c7n6)cc5)C(=O)O)cc4)cc13)-c1cc3c(c(=O)n1C2)COC(=O)[C@H]3O. The molecular formula is C55H53N13O15S2. The summed E-state index contributed by atoms with van der Waals surface area (Å²) in [5.74, 6) is -5.12. The quantitative estimate of drug-likeness (QED) is 0.0179. The number of ether oxygens (including phenoxy) is 3. The maximum Gasteiger partial charge on any atom is 0.514 e. The zero-order chi connectivity index (χ0) is 60.3. The van der Waals surface area contributed by atoms with Gasteiger partial charge in [-0.15, -0.1) is 0 Å². The van der Waals surface area contributed by atoms with Crippen molar-refractivity contribution in [1.82, 2.24) is 56.1 Å². The zero-order valence-corrected chi connectivity index (χ0v) is 46.6. The largest absolute Gasteiger partial charge is 0.514 e. The monoisotopic (exact) mass is 1200 g/mol. The van der Waals surface area contributed by atoms with Crippen molar-refractivity contribution in [2.45, 2.75) is 69.5 Å². The Hall–Kier alpha value is -9.94. The number of hydrogen-bond donors (Lipinski definition) is 10. The summed E-state index contributed by atoms with van der Waals surface area (Å²) in [6.45, 7) is 0.660. The van der Waals surface area contributed by atoms with E-state index in [4.69, 9.17) is 24.9 Å². The number of anilines is 2. The molecular weight excluding hydrogens is 1150 g/mol. The van der Waals surface area contributed by atoms with E-state index in [2.05, 4.69) is 51.8 Å². The number of carbonyl (C=O) groups is 8. The molecule has 0 saturated carbocycles. The highest BCUT2D eigenvalue weighted by molar-refractivity contribution is 8.76. The molecule has 6 heterocycles. The van der Waals surface area contributed by atoms with Crippen LogP contribution in [0.3, 0.4) is 0 Å². The van der Waals surface area contributed by atoms with Gasteiger partial charge in [0.15, 0.2) is 17.3 Å². The van der Waals surface area contributed by atoms with Gasteiger partial charge in [-0.3, -0.25) is 38.5 Å². The molecule has 30 heteroatoms. The average molecular weight is 1200 g/mol. The standard InChI is InChI=1S/C55H53N13O15S2/c1-2-33-34-16-31(11-14-38(34)65-45-36(33)23-68-40(45)17-35-37(51(68)76)25-81-53(79)47(35)73)83-55(80)82-24-27-5-12-32(13-6-27)85-84-26-39(52(77)78)64-44(72)22-61-43(71)21-60-42(70)20-59-41(69)4-3-15-57-49(74)28-7-9-29(10-8-28)58-18-30-19-62-48-46(63-30)50(75)67-54(56)66-48/h5-14,16-17,19,39,47,58,73H,2-4,15,18,20-26H2,1H3,(H,57,74)(H,59,69)(H,60,70)(H,61,71)(H,64,72)(H,77,78)(H3,56,62,66,67,75)/t39-,47-/m0/s1. The van der Waals surface area contributed by atoms with Crippen LogP contribution in [0.5, 0.6) is 5.75 Å². The highest BCUT2D eigenvalue weighted by atomic mass is 33.1. The number of aliphatic carboxylic acids is 1. The van der Waals surface area contributed by atoms with Gasteiger partial charge in [-0.2, -0.15) is 4.98 Å². The number of hydrogen-bond acceptors (Lipinski definition) is 22. The summed E-state index contributed by atoms with van der Waals surface area (Å²) in [6, 6.07) is 18.7. The Morgan fingerprint density at radius 3 is 2.33 bits per heavy atom. The average Bonchev–Trinajstić information content (AvgIpc) is 1.70. The highest BCUT2D eigenvalue weighted by Gasteiger charge is 2.35. The Bertz CT molecular complexity index is 3920. The summed E-state index contributed by atoms with van der Waals surface area (Å²) >= 11 is 0. The van der Waals surface area contributed by atoms with Crippen LogP contribution in [-0.2, 0) is 71.0 Å². The molecule has 0 spiro atoms. The molecule has 0 aliphatic carbocycles. The molecule has 0 fully saturated rings. The van der Waals surface area contributed by atoms with Crippen LogP contribution in [0.15, 0.2) is 93.5 Å². The smallest absolute Gasteiger partial charge is 0.480 e. The Labute approximate surface area is 488 Å². The van der Waals surface area contributed by atoms with E-state index in [9.17, 15) is 58.2 Å². The first-order valence-electron chi connectivity index (χ1n) is 26.2. The first-order chi connectivity index (χ1) is 40.9. The van der Waals surface area contributed by atoms with Gasteiger partial charge in [0.2, 0.25) is 29.6 Å². The minimum absolute atomic E-state index is 0.0111.